The Morgan fingerprint density at radius 2 is 1.90 bits per heavy atom. The van der Waals surface area contributed by atoms with Gasteiger partial charge >= 0.3 is 12.0 Å². The van der Waals surface area contributed by atoms with Crippen molar-refractivity contribution < 1.29 is 19.8 Å². The maximum absolute atomic E-state index is 11.9. The number of aromatic carboxylic acids is 1. The van der Waals surface area contributed by atoms with Crippen molar-refractivity contribution in [3.63, 3.8) is 0 Å². The van der Waals surface area contributed by atoms with Crippen molar-refractivity contribution in [2.24, 2.45) is 0 Å². The Hall–Kier alpha value is -2.08. The molecule has 0 fully saturated rings. The molecule has 0 aliphatic heterocycles. The van der Waals surface area contributed by atoms with Crippen molar-refractivity contribution in [2.75, 3.05) is 26.2 Å². The lowest BCUT2D eigenvalue weighted by atomic mass is 10.1. The Kier molecular flexibility index (Phi) is 7.25. The fourth-order valence-corrected chi connectivity index (χ4v) is 1.90. The summed E-state index contributed by atoms with van der Waals surface area (Å²) in [6, 6.07) is 6.46. The number of carboxylic acid groups (broad SMARTS) is 1. The van der Waals surface area contributed by atoms with E-state index in [1.807, 2.05) is 6.92 Å². The third kappa shape index (κ3) is 5.83. The van der Waals surface area contributed by atoms with Crippen LogP contribution in [0.25, 0.3) is 0 Å². The van der Waals surface area contributed by atoms with Crippen LogP contribution >= 0.6 is 0 Å². The van der Waals surface area contributed by atoms with Crippen LogP contribution < -0.4 is 5.32 Å². The van der Waals surface area contributed by atoms with Gasteiger partial charge in [-0.1, -0.05) is 12.1 Å². The zero-order valence-corrected chi connectivity index (χ0v) is 12.2. The number of aliphatic hydroxyl groups is 1. The van der Waals surface area contributed by atoms with E-state index in [0.717, 1.165) is 5.56 Å². The number of urea groups is 1. The number of benzene rings is 1. The fourth-order valence-electron chi connectivity index (χ4n) is 1.90. The van der Waals surface area contributed by atoms with Gasteiger partial charge in [0.1, 0.15) is 0 Å². The topological polar surface area (TPSA) is 89.9 Å². The van der Waals surface area contributed by atoms with Crippen LogP contribution in [0.15, 0.2) is 24.3 Å². The summed E-state index contributed by atoms with van der Waals surface area (Å²) in [4.78, 5) is 24.2. The third-order valence-corrected chi connectivity index (χ3v) is 3.15. The van der Waals surface area contributed by atoms with E-state index in [-0.39, 0.29) is 18.2 Å². The molecule has 6 nitrogen and oxygen atoms in total. The molecule has 0 saturated carbocycles. The lowest BCUT2D eigenvalue weighted by Crippen LogP contribution is -2.41. The van der Waals surface area contributed by atoms with Gasteiger partial charge in [0.15, 0.2) is 0 Å². The van der Waals surface area contributed by atoms with Crippen LogP contribution in [0.3, 0.4) is 0 Å². The lowest BCUT2D eigenvalue weighted by Gasteiger charge is -2.20. The van der Waals surface area contributed by atoms with Gasteiger partial charge in [-0.05, 0) is 37.5 Å². The van der Waals surface area contributed by atoms with Crippen molar-refractivity contribution in [2.45, 2.75) is 19.8 Å². The molecule has 0 atom stereocenters. The molecule has 0 bridgehead atoms. The highest BCUT2D eigenvalue weighted by Gasteiger charge is 2.10. The summed E-state index contributed by atoms with van der Waals surface area (Å²) in [7, 11) is 0. The molecule has 3 N–H and O–H groups in total. The van der Waals surface area contributed by atoms with Gasteiger partial charge < -0.3 is 20.4 Å². The van der Waals surface area contributed by atoms with Gasteiger partial charge in [0.05, 0.1) is 5.56 Å². The molecule has 0 spiro atoms. The van der Waals surface area contributed by atoms with Gasteiger partial charge in [0.25, 0.3) is 0 Å². The van der Waals surface area contributed by atoms with Crippen LogP contribution in [0.2, 0.25) is 0 Å². The molecule has 1 aromatic carbocycles. The first-order valence-corrected chi connectivity index (χ1v) is 7.04. The van der Waals surface area contributed by atoms with E-state index in [9.17, 15) is 9.59 Å². The second kappa shape index (κ2) is 8.97. The van der Waals surface area contributed by atoms with E-state index in [1.54, 1.807) is 29.2 Å². The summed E-state index contributed by atoms with van der Waals surface area (Å²) in [6.07, 6.45) is 1.21. The summed E-state index contributed by atoms with van der Waals surface area (Å²) in [5, 5.41) is 20.4. The van der Waals surface area contributed by atoms with Crippen molar-refractivity contribution in [1.82, 2.24) is 10.2 Å². The SMILES string of the molecule is CCN(CCCO)C(=O)NCCc1ccc(C(=O)O)cc1. The summed E-state index contributed by atoms with van der Waals surface area (Å²) < 4.78 is 0. The largest absolute Gasteiger partial charge is 0.478 e. The maximum Gasteiger partial charge on any atom is 0.335 e. The van der Waals surface area contributed by atoms with E-state index in [0.29, 0.717) is 32.5 Å². The van der Waals surface area contributed by atoms with E-state index in [2.05, 4.69) is 5.32 Å². The van der Waals surface area contributed by atoms with Gasteiger partial charge in [-0.2, -0.15) is 0 Å². The van der Waals surface area contributed by atoms with Gasteiger partial charge in [-0.25, -0.2) is 9.59 Å². The standard InChI is InChI=1S/C15H22N2O4/c1-2-17(10-3-11-18)15(21)16-9-8-12-4-6-13(7-5-12)14(19)20/h4-7,18H,2-3,8-11H2,1H3,(H,16,21)(H,19,20). The lowest BCUT2D eigenvalue weighted by molar-refractivity contribution is 0.0697. The minimum Gasteiger partial charge on any atom is -0.478 e. The number of carboxylic acids is 1. The molecular weight excluding hydrogens is 272 g/mol. The highest BCUT2D eigenvalue weighted by molar-refractivity contribution is 5.87. The zero-order chi connectivity index (χ0) is 15.7. The van der Waals surface area contributed by atoms with E-state index >= 15 is 0 Å². The molecule has 1 aromatic rings. The molecule has 0 saturated heterocycles. The van der Waals surface area contributed by atoms with Gasteiger partial charge in [0, 0.05) is 26.2 Å². The van der Waals surface area contributed by atoms with Crippen molar-refractivity contribution >= 4 is 12.0 Å². The highest BCUT2D eigenvalue weighted by atomic mass is 16.4. The van der Waals surface area contributed by atoms with Crippen LogP contribution in [0.5, 0.6) is 0 Å². The minimum absolute atomic E-state index is 0.0692. The molecular formula is C15H22N2O4. The highest BCUT2D eigenvalue weighted by Crippen LogP contribution is 2.05. The molecule has 0 unspecified atom stereocenters. The van der Waals surface area contributed by atoms with Gasteiger partial charge in [-0.15, -0.1) is 0 Å². The molecule has 116 valence electrons. The van der Waals surface area contributed by atoms with Crippen LogP contribution in [0.1, 0.15) is 29.3 Å². The number of rotatable bonds is 8. The number of nitrogens with zero attached hydrogens (tertiary/aromatic N) is 1. The Labute approximate surface area is 124 Å². The van der Waals surface area contributed by atoms with Crippen LogP contribution in [0, 0.1) is 0 Å². The summed E-state index contributed by atoms with van der Waals surface area (Å²) in [5.41, 5.74) is 1.22. The quantitative estimate of drug-likeness (QED) is 0.675. The second-order valence-corrected chi connectivity index (χ2v) is 4.64. The normalized spacial score (nSPS) is 10.2. The van der Waals surface area contributed by atoms with E-state index in [1.165, 1.54) is 0 Å². The Morgan fingerprint density at radius 1 is 1.24 bits per heavy atom. The summed E-state index contributed by atoms with van der Waals surface area (Å²) in [6.45, 7) is 3.58. The van der Waals surface area contributed by atoms with Crippen molar-refractivity contribution in [1.29, 1.82) is 0 Å². The number of hydrogen-bond acceptors (Lipinski definition) is 3. The minimum atomic E-state index is -0.947. The average molecular weight is 294 g/mol. The Balaban J connectivity index is 2.38. The number of nitrogens with one attached hydrogen (secondary N) is 1. The van der Waals surface area contributed by atoms with Crippen molar-refractivity contribution in [3.05, 3.63) is 35.4 Å². The number of carbonyl (C=O) groups is 2. The molecule has 0 heterocycles. The van der Waals surface area contributed by atoms with E-state index < -0.39 is 5.97 Å². The maximum atomic E-state index is 11.9. The molecule has 2 amide bonds. The molecule has 0 aliphatic rings. The average Bonchev–Trinajstić information content (AvgIpc) is 2.48. The zero-order valence-electron chi connectivity index (χ0n) is 12.2. The fraction of sp³-hybridized carbons (Fsp3) is 0.467. The summed E-state index contributed by atoms with van der Waals surface area (Å²) in [5.74, 6) is -0.947. The predicted octanol–water partition coefficient (Wildman–Crippen LogP) is 1.34. The Morgan fingerprint density at radius 3 is 2.43 bits per heavy atom. The van der Waals surface area contributed by atoms with Gasteiger partial charge in [-0.3, -0.25) is 0 Å². The van der Waals surface area contributed by atoms with Crippen LogP contribution in [-0.2, 0) is 6.42 Å². The molecule has 6 heteroatoms. The monoisotopic (exact) mass is 294 g/mol. The van der Waals surface area contributed by atoms with Crippen LogP contribution in [0.4, 0.5) is 4.79 Å². The van der Waals surface area contributed by atoms with E-state index in [4.69, 9.17) is 10.2 Å². The Bertz CT molecular complexity index is 459. The molecule has 0 aromatic heterocycles. The number of hydrogen-bond donors (Lipinski definition) is 3. The molecule has 0 aliphatic carbocycles. The second-order valence-electron chi connectivity index (χ2n) is 4.64. The number of carbonyl (C=O) groups excluding carboxylic acids is 1. The smallest absolute Gasteiger partial charge is 0.335 e. The first-order valence-electron chi connectivity index (χ1n) is 7.04. The summed E-state index contributed by atoms with van der Waals surface area (Å²) >= 11 is 0. The first-order chi connectivity index (χ1) is 10.1. The predicted molar refractivity (Wildman–Crippen MR) is 79.5 cm³/mol. The van der Waals surface area contributed by atoms with Gasteiger partial charge in [0.2, 0.25) is 0 Å². The molecule has 0 radical (unpaired) electrons. The number of amides is 2. The molecule has 21 heavy (non-hydrogen) atoms. The molecule has 1 rings (SSSR count). The number of aliphatic hydroxyl groups excluding tert-OH is 1. The van der Waals surface area contributed by atoms with Crippen molar-refractivity contribution in [3.8, 4) is 0 Å². The first kappa shape index (κ1) is 17.0. The van der Waals surface area contributed by atoms with Crippen LogP contribution in [-0.4, -0.2) is 53.4 Å². The third-order valence-electron chi connectivity index (χ3n) is 3.15.